The zero-order valence-corrected chi connectivity index (χ0v) is 6.09. The molecule has 1 heterocycles. The summed E-state index contributed by atoms with van der Waals surface area (Å²) >= 11 is 0. The third-order valence-corrected chi connectivity index (χ3v) is 1.35. The summed E-state index contributed by atoms with van der Waals surface area (Å²) in [6.45, 7) is 1.91. The average molecular weight is 142 g/mol. The fraction of sp³-hybridized carbons (Fsp3) is 0.571. The van der Waals surface area contributed by atoms with Crippen molar-refractivity contribution >= 4 is 5.97 Å². The van der Waals surface area contributed by atoms with Crippen LogP contribution in [0.3, 0.4) is 0 Å². The monoisotopic (exact) mass is 142 g/mol. The molecule has 0 aromatic carbocycles. The van der Waals surface area contributed by atoms with E-state index >= 15 is 0 Å². The van der Waals surface area contributed by atoms with E-state index in [4.69, 9.17) is 4.74 Å². The molecule has 1 aliphatic heterocycles. The number of carbonyl (C=O) groups is 1. The van der Waals surface area contributed by atoms with Crippen molar-refractivity contribution in [3.05, 3.63) is 11.8 Å². The van der Waals surface area contributed by atoms with Crippen molar-refractivity contribution in [1.82, 2.24) is 0 Å². The summed E-state index contributed by atoms with van der Waals surface area (Å²) in [6.07, 6.45) is 2.66. The maximum atomic E-state index is 10.7. The van der Waals surface area contributed by atoms with Crippen molar-refractivity contribution in [3.63, 3.8) is 0 Å². The van der Waals surface area contributed by atoms with Crippen molar-refractivity contribution in [2.24, 2.45) is 0 Å². The topological polar surface area (TPSA) is 35.5 Å². The molecular weight excluding hydrogens is 132 g/mol. The molecule has 1 atom stereocenters. The lowest BCUT2D eigenvalue weighted by Gasteiger charge is -2.04. The normalized spacial score (nSPS) is 23.4. The van der Waals surface area contributed by atoms with E-state index in [2.05, 4.69) is 4.74 Å². The summed E-state index contributed by atoms with van der Waals surface area (Å²) in [7, 11) is 1.34. The lowest BCUT2D eigenvalue weighted by atomic mass is 10.3. The van der Waals surface area contributed by atoms with Gasteiger partial charge in [0.25, 0.3) is 0 Å². The van der Waals surface area contributed by atoms with Gasteiger partial charge in [-0.15, -0.1) is 0 Å². The molecule has 1 rings (SSSR count). The fourth-order valence-corrected chi connectivity index (χ4v) is 0.818. The maximum Gasteiger partial charge on any atom is 0.372 e. The first-order chi connectivity index (χ1) is 4.74. The fourth-order valence-electron chi connectivity index (χ4n) is 0.818. The molecule has 0 spiro atoms. The van der Waals surface area contributed by atoms with Crippen molar-refractivity contribution < 1.29 is 14.3 Å². The molecule has 0 amide bonds. The minimum atomic E-state index is -0.385. The second kappa shape index (κ2) is 2.73. The molecule has 0 N–H and O–H groups in total. The Kier molecular flexibility index (Phi) is 1.94. The Hall–Kier alpha value is -0.990. The summed E-state index contributed by atoms with van der Waals surface area (Å²) in [5, 5.41) is 0. The van der Waals surface area contributed by atoms with Crippen LogP contribution in [-0.4, -0.2) is 19.2 Å². The highest BCUT2D eigenvalue weighted by molar-refractivity contribution is 5.86. The van der Waals surface area contributed by atoms with Crippen LogP contribution in [0.2, 0.25) is 0 Å². The molecule has 0 saturated carbocycles. The Morgan fingerprint density at radius 3 is 3.00 bits per heavy atom. The zero-order chi connectivity index (χ0) is 7.56. The number of methoxy groups -OCH3 is 1. The van der Waals surface area contributed by atoms with Gasteiger partial charge < -0.3 is 9.47 Å². The highest BCUT2D eigenvalue weighted by atomic mass is 16.6. The van der Waals surface area contributed by atoms with Crippen LogP contribution in [0.4, 0.5) is 0 Å². The Bertz CT molecular complexity index is 172. The van der Waals surface area contributed by atoms with Crippen molar-refractivity contribution in [2.75, 3.05) is 7.11 Å². The van der Waals surface area contributed by atoms with Crippen LogP contribution in [-0.2, 0) is 14.3 Å². The highest BCUT2D eigenvalue weighted by Crippen LogP contribution is 2.16. The standard InChI is InChI=1S/C7H10O3/c1-5-3-4-6(10-5)7(8)9-2/h4-5H,3H2,1-2H3. The quantitative estimate of drug-likeness (QED) is 0.509. The Morgan fingerprint density at radius 1 is 1.90 bits per heavy atom. The highest BCUT2D eigenvalue weighted by Gasteiger charge is 2.19. The lowest BCUT2D eigenvalue weighted by Crippen LogP contribution is -2.07. The van der Waals surface area contributed by atoms with E-state index in [1.807, 2.05) is 6.92 Å². The first kappa shape index (κ1) is 7.12. The average Bonchev–Trinajstić information content (AvgIpc) is 2.34. The Balaban J connectivity index is 2.51. The number of rotatable bonds is 1. The van der Waals surface area contributed by atoms with Crippen LogP contribution in [0.15, 0.2) is 11.8 Å². The van der Waals surface area contributed by atoms with Crippen LogP contribution in [0, 0.1) is 0 Å². The van der Waals surface area contributed by atoms with Crippen molar-refractivity contribution in [3.8, 4) is 0 Å². The molecule has 0 aliphatic carbocycles. The van der Waals surface area contributed by atoms with Gasteiger partial charge in [0.05, 0.1) is 13.2 Å². The number of hydrogen-bond donors (Lipinski definition) is 0. The maximum absolute atomic E-state index is 10.7. The first-order valence-electron chi connectivity index (χ1n) is 3.19. The van der Waals surface area contributed by atoms with Crippen molar-refractivity contribution in [1.29, 1.82) is 0 Å². The SMILES string of the molecule is COC(=O)C1=CCC(C)O1. The molecule has 0 aromatic rings. The van der Waals surface area contributed by atoms with Gasteiger partial charge in [-0.05, 0) is 13.0 Å². The van der Waals surface area contributed by atoms with Gasteiger partial charge in [0.1, 0.15) is 0 Å². The van der Waals surface area contributed by atoms with E-state index < -0.39 is 0 Å². The van der Waals surface area contributed by atoms with E-state index in [1.54, 1.807) is 6.08 Å². The summed E-state index contributed by atoms with van der Waals surface area (Å²) in [4.78, 5) is 10.7. The summed E-state index contributed by atoms with van der Waals surface area (Å²) in [5.74, 6) is -0.0423. The number of hydrogen-bond acceptors (Lipinski definition) is 3. The van der Waals surface area contributed by atoms with Gasteiger partial charge in [0.2, 0.25) is 5.76 Å². The predicted octanol–water partition coefficient (Wildman–Crippen LogP) is 0.852. The minimum Gasteiger partial charge on any atom is -0.483 e. The predicted molar refractivity (Wildman–Crippen MR) is 35.3 cm³/mol. The van der Waals surface area contributed by atoms with Crippen LogP contribution in [0.1, 0.15) is 13.3 Å². The van der Waals surface area contributed by atoms with Gasteiger partial charge in [-0.25, -0.2) is 4.79 Å². The summed E-state index contributed by atoms with van der Waals surface area (Å²) < 4.78 is 9.55. The van der Waals surface area contributed by atoms with Crippen LogP contribution in [0.5, 0.6) is 0 Å². The Morgan fingerprint density at radius 2 is 2.60 bits per heavy atom. The lowest BCUT2D eigenvalue weighted by molar-refractivity contribution is -0.140. The van der Waals surface area contributed by atoms with E-state index in [9.17, 15) is 4.79 Å². The van der Waals surface area contributed by atoms with Gasteiger partial charge in [0, 0.05) is 6.42 Å². The smallest absolute Gasteiger partial charge is 0.372 e. The van der Waals surface area contributed by atoms with Gasteiger partial charge in [0.15, 0.2) is 0 Å². The molecule has 3 nitrogen and oxygen atoms in total. The second-order valence-electron chi connectivity index (χ2n) is 2.22. The molecule has 1 unspecified atom stereocenters. The van der Waals surface area contributed by atoms with Crippen LogP contribution in [0.25, 0.3) is 0 Å². The molecule has 10 heavy (non-hydrogen) atoms. The molecule has 3 heteroatoms. The van der Waals surface area contributed by atoms with Gasteiger partial charge in [-0.2, -0.15) is 0 Å². The van der Waals surface area contributed by atoms with E-state index in [0.29, 0.717) is 5.76 Å². The van der Waals surface area contributed by atoms with Crippen LogP contribution >= 0.6 is 0 Å². The minimum absolute atomic E-state index is 0.120. The van der Waals surface area contributed by atoms with Crippen molar-refractivity contribution in [2.45, 2.75) is 19.4 Å². The molecule has 0 saturated heterocycles. The van der Waals surface area contributed by atoms with Gasteiger partial charge in [-0.1, -0.05) is 0 Å². The van der Waals surface area contributed by atoms with Gasteiger partial charge in [-0.3, -0.25) is 0 Å². The van der Waals surface area contributed by atoms with E-state index in [0.717, 1.165) is 6.42 Å². The molecule has 56 valence electrons. The number of ether oxygens (including phenoxy) is 2. The number of esters is 1. The molecule has 0 aromatic heterocycles. The van der Waals surface area contributed by atoms with E-state index in [-0.39, 0.29) is 12.1 Å². The third kappa shape index (κ3) is 1.29. The van der Waals surface area contributed by atoms with E-state index in [1.165, 1.54) is 7.11 Å². The Labute approximate surface area is 59.6 Å². The zero-order valence-electron chi connectivity index (χ0n) is 6.09. The molecule has 1 aliphatic rings. The molecule has 0 fully saturated rings. The molecule has 0 bridgehead atoms. The first-order valence-corrected chi connectivity index (χ1v) is 3.19. The summed E-state index contributed by atoms with van der Waals surface area (Å²) in [6, 6.07) is 0. The molecule has 0 radical (unpaired) electrons. The van der Waals surface area contributed by atoms with Crippen LogP contribution < -0.4 is 0 Å². The molecular formula is C7H10O3. The summed E-state index contributed by atoms with van der Waals surface area (Å²) in [5.41, 5.74) is 0. The number of carbonyl (C=O) groups excluding carboxylic acids is 1. The third-order valence-electron chi connectivity index (χ3n) is 1.35. The largest absolute Gasteiger partial charge is 0.483 e. The van der Waals surface area contributed by atoms with Gasteiger partial charge >= 0.3 is 5.97 Å². The second-order valence-corrected chi connectivity index (χ2v) is 2.22.